The maximum Gasteiger partial charge on any atom is 0.417 e. The zero-order chi connectivity index (χ0) is 22.2. The van der Waals surface area contributed by atoms with Crippen LogP contribution in [0.1, 0.15) is 54.4 Å². The topological polar surface area (TPSA) is 36.1 Å². The van der Waals surface area contributed by atoms with Crippen molar-refractivity contribution in [1.29, 1.82) is 0 Å². The number of benzene rings is 2. The first kappa shape index (κ1) is 21.8. The highest BCUT2D eigenvalue weighted by molar-refractivity contribution is 6.31. The second-order valence-electron chi connectivity index (χ2n) is 8.02. The van der Waals surface area contributed by atoms with Crippen LogP contribution in [0.4, 0.5) is 13.2 Å². The molecule has 1 saturated heterocycles. The number of amides is 1. The summed E-state index contributed by atoms with van der Waals surface area (Å²) < 4.78 is 40.6. The summed E-state index contributed by atoms with van der Waals surface area (Å²) in [5.41, 5.74) is 2.48. The van der Waals surface area contributed by atoms with Crippen molar-refractivity contribution in [3.8, 4) is 0 Å². The molecule has 1 amide bonds. The minimum atomic E-state index is -4.56. The van der Waals surface area contributed by atoms with Gasteiger partial charge in [0.2, 0.25) is 5.91 Å². The van der Waals surface area contributed by atoms with E-state index in [4.69, 9.17) is 11.6 Å². The zero-order valence-corrected chi connectivity index (χ0v) is 18.0. The fraction of sp³-hybridized carbons (Fsp3) is 0.375. The van der Waals surface area contributed by atoms with Crippen molar-refractivity contribution >= 4 is 28.4 Å². The summed E-state index contributed by atoms with van der Waals surface area (Å²) in [6.45, 7) is 3.46. The molecule has 2 aromatic carbocycles. The maximum absolute atomic E-state index is 13.5. The van der Waals surface area contributed by atoms with Gasteiger partial charge in [0.1, 0.15) is 0 Å². The number of nitrogens with zero attached hydrogens (tertiary/aromatic N) is 1. The molecule has 0 spiro atoms. The fourth-order valence-corrected chi connectivity index (χ4v) is 4.70. The first-order valence-electron chi connectivity index (χ1n) is 10.5. The van der Waals surface area contributed by atoms with Crippen molar-refractivity contribution in [1.82, 2.24) is 9.88 Å². The number of hydrogen-bond acceptors (Lipinski definition) is 1. The van der Waals surface area contributed by atoms with Gasteiger partial charge in [-0.05, 0) is 48.1 Å². The van der Waals surface area contributed by atoms with E-state index in [1.165, 1.54) is 6.07 Å². The van der Waals surface area contributed by atoms with E-state index in [0.29, 0.717) is 18.7 Å². The lowest BCUT2D eigenvalue weighted by molar-refractivity contribution is -0.137. The number of halogens is 4. The van der Waals surface area contributed by atoms with Gasteiger partial charge < -0.3 is 9.88 Å². The Labute approximate surface area is 184 Å². The van der Waals surface area contributed by atoms with Crippen molar-refractivity contribution in [2.75, 3.05) is 13.1 Å². The number of carbonyl (C=O) groups excluding carboxylic acids is 1. The molecule has 0 radical (unpaired) electrons. The molecule has 1 atom stereocenters. The Hall–Kier alpha value is -2.47. The summed E-state index contributed by atoms with van der Waals surface area (Å²) in [6.07, 6.45) is 0.126. The first-order chi connectivity index (χ1) is 14.8. The Balaban J connectivity index is 1.82. The molecule has 1 N–H and O–H groups in total. The SMILES string of the molecule is CCc1cccc2c(C(CC(=O)N3CCCC3)c3ccc(Cl)c(C(F)(F)F)c3)c[nH]c12. The van der Waals surface area contributed by atoms with Crippen molar-refractivity contribution in [3.05, 3.63) is 69.9 Å². The highest BCUT2D eigenvalue weighted by Gasteiger charge is 2.35. The van der Waals surface area contributed by atoms with Crippen molar-refractivity contribution in [2.45, 2.75) is 44.7 Å². The van der Waals surface area contributed by atoms with Crippen LogP contribution in [0.5, 0.6) is 0 Å². The molecule has 3 aromatic rings. The molecule has 3 nitrogen and oxygen atoms in total. The van der Waals surface area contributed by atoms with E-state index in [1.54, 1.807) is 11.0 Å². The van der Waals surface area contributed by atoms with E-state index in [-0.39, 0.29) is 17.4 Å². The number of alkyl halides is 3. The number of H-pyrrole nitrogens is 1. The smallest absolute Gasteiger partial charge is 0.361 e. The van der Waals surface area contributed by atoms with Gasteiger partial charge in [0, 0.05) is 42.5 Å². The number of likely N-dealkylation sites (tertiary alicyclic amines) is 1. The molecule has 1 aromatic heterocycles. The van der Waals surface area contributed by atoms with Crippen LogP contribution in [0.3, 0.4) is 0 Å². The number of aryl methyl sites for hydroxylation is 1. The lowest BCUT2D eigenvalue weighted by Gasteiger charge is -2.22. The average molecular weight is 449 g/mol. The van der Waals surface area contributed by atoms with Crippen LogP contribution in [-0.4, -0.2) is 28.9 Å². The van der Waals surface area contributed by atoms with Gasteiger partial charge in [-0.15, -0.1) is 0 Å². The minimum Gasteiger partial charge on any atom is -0.361 e. The van der Waals surface area contributed by atoms with E-state index in [1.807, 2.05) is 24.4 Å². The van der Waals surface area contributed by atoms with Crippen LogP contribution in [0.2, 0.25) is 5.02 Å². The van der Waals surface area contributed by atoms with Crippen LogP contribution >= 0.6 is 11.6 Å². The second kappa shape index (κ2) is 8.58. The summed E-state index contributed by atoms with van der Waals surface area (Å²) in [5.74, 6) is -0.542. The van der Waals surface area contributed by atoms with Crippen LogP contribution in [0.15, 0.2) is 42.6 Å². The quantitative estimate of drug-likeness (QED) is 0.472. The Bertz CT molecular complexity index is 1100. The first-order valence-corrected chi connectivity index (χ1v) is 10.9. The molecule has 1 fully saturated rings. The highest BCUT2D eigenvalue weighted by Crippen LogP contribution is 2.40. The molecule has 7 heteroatoms. The summed E-state index contributed by atoms with van der Waals surface area (Å²) in [6, 6.07) is 9.89. The molecular weight excluding hydrogens is 425 g/mol. The van der Waals surface area contributed by atoms with Gasteiger partial charge in [0.05, 0.1) is 10.6 Å². The standard InChI is InChI=1S/C24H24ClF3N2O/c1-2-15-6-5-7-17-19(14-29-23(15)17)18(13-22(31)30-10-3-4-11-30)16-8-9-21(25)20(12-16)24(26,27)28/h5-9,12,14,18,29H,2-4,10-11,13H2,1H3. The Morgan fingerprint density at radius 3 is 2.61 bits per heavy atom. The zero-order valence-electron chi connectivity index (χ0n) is 17.2. The second-order valence-corrected chi connectivity index (χ2v) is 8.43. The van der Waals surface area contributed by atoms with Crippen LogP contribution in [0.25, 0.3) is 10.9 Å². The largest absolute Gasteiger partial charge is 0.417 e. The highest BCUT2D eigenvalue weighted by atomic mass is 35.5. The van der Waals surface area contributed by atoms with Gasteiger partial charge in [-0.2, -0.15) is 13.2 Å². The monoisotopic (exact) mass is 448 g/mol. The normalized spacial score (nSPS) is 15.6. The van der Waals surface area contributed by atoms with Gasteiger partial charge in [0.25, 0.3) is 0 Å². The van der Waals surface area contributed by atoms with E-state index in [0.717, 1.165) is 47.4 Å². The molecule has 0 aliphatic carbocycles. The summed E-state index contributed by atoms with van der Waals surface area (Å²) in [4.78, 5) is 18.1. The molecule has 1 unspecified atom stereocenters. The molecule has 164 valence electrons. The van der Waals surface area contributed by atoms with Crippen molar-refractivity contribution < 1.29 is 18.0 Å². The number of carbonyl (C=O) groups is 1. The molecule has 0 bridgehead atoms. The molecule has 0 saturated carbocycles. The summed E-state index contributed by atoms with van der Waals surface area (Å²) in [5, 5.41) is 0.593. The predicted molar refractivity (Wildman–Crippen MR) is 116 cm³/mol. The van der Waals surface area contributed by atoms with Crippen LogP contribution < -0.4 is 0 Å². The third-order valence-electron chi connectivity index (χ3n) is 6.13. The molecule has 2 heterocycles. The van der Waals surface area contributed by atoms with Gasteiger partial charge >= 0.3 is 6.18 Å². The lowest BCUT2D eigenvalue weighted by Crippen LogP contribution is -2.29. The lowest BCUT2D eigenvalue weighted by atomic mass is 9.86. The van der Waals surface area contributed by atoms with Crippen LogP contribution in [-0.2, 0) is 17.4 Å². The minimum absolute atomic E-state index is 0.0352. The average Bonchev–Trinajstić information content (AvgIpc) is 3.41. The van der Waals surface area contributed by atoms with E-state index in [2.05, 4.69) is 11.9 Å². The third-order valence-corrected chi connectivity index (χ3v) is 6.46. The van der Waals surface area contributed by atoms with Crippen molar-refractivity contribution in [3.63, 3.8) is 0 Å². The molecule has 31 heavy (non-hydrogen) atoms. The Morgan fingerprint density at radius 1 is 1.19 bits per heavy atom. The number of aromatic amines is 1. The Kier molecular flexibility index (Phi) is 6.02. The molecule has 1 aliphatic rings. The summed E-state index contributed by atoms with van der Waals surface area (Å²) >= 11 is 5.85. The third kappa shape index (κ3) is 4.31. The van der Waals surface area contributed by atoms with Crippen molar-refractivity contribution in [2.24, 2.45) is 0 Å². The molecular formula is C24H24ClF3N2O. The Morgan fingerprint density at radius 2 is 1.94 bits per heavy atom. The van der Waals surface area contributed by atoms with Gasteiger partial charge in [-0.3, -0.25) is 4.79 Å². The van der Waals surface area contributed by atoms with E-state index in [9.17, 15) is 18.0 Å². The van der Waals surface area contributed by atoms with Gasteiger partial charge in [-0.25, -0.2) is 0 Å². The number of rotatable bonds is 5. The number of fused-ring (bicyclic) bond motifs is 1. The predicted octanol–water partition coefficient (Wildman–Crippen LogP) is 6.55. The van der Waals surface area contributed by atoms with Gasteiger partial charge in [0.15, 0.2) is 0 Å². The van der Waals surface area contributed by atoms with Crippen LogP contribution in [0, 0.1) is 0 Å². The number of nitrogens with one attached hydrogen (secondary N) is 1. The number of para-hydroxylation sites is 1. The van der Waals surface area contributed by atoms with E-state index < -0.39 is 17.7 Å². The maximum atomic E-state index is 13.5. The summed E-state index contributed by atoms with van der Waals surface area (Å²) in [7, 11) is 0. The van der Waals surface area contributed by atoms with Gasteiger partial charge in [-0.1, -0.05) is 42.8 Å². The van der Waals surface area contributed by atoms with E-state index >= 15 is 0 Å². The molecule has 1 aliphatic heterocycles. The molecule has 4 rings (SSSR count). The number of aromatic nitrogens is 1. The fourth-order valence-electron chi connectivity index (χ4n) is 4.48. The number of hydrogen-bond donors (Lipinski definition) is 1.